The smallest absolute Gasteiger partial charge is 0.253 e. The third-order valence-corrected chi connectivity index (χ3v) is 8.04. The molecule has 1 heterocycles. The molecule has 2 aromatic carbocycles. The normalized spacial score (nSPS) is 17.0. The van der Waals surface area contributed by atoms with Crippen LogP contribution < -0.4 is 5.32 Å². The summed E-state index contributed by atoms with van der Waals surface area (Å²) in [7, 11) is -3.66. The minimum atomic E-state index is -3.66. The van der Waals surface area contributed by atoms with Crippen LogP contribution in [-0.4, -0.2) is 31.7 Å². The van der Waals surface area contributed by atoms with Gasteiger partial charge in [-0.15, -0.1) is 0 Å². The van der Waals surface area contributed by atoms with Gasteiger partial charge in [-0.1, -0.05) is 42.3 Å². The van der Waals surface area contributed by atoms with Gasteiger partial charge in [-0.3, -0.25) is 4.79 Å². The molecule has 7 heteroatoms. The van der Waals surface area contributed by atoms with Crippen molar-refractivity contribution in [2.24, 2.45) is 5.92 Å². The second-order valence-corrected chi connectivity index (χ2v) is 10.6. The molecule has 1 N–H and O–H groups in total. The molecule has 162 valence electrons. The van der Waals surface area contributed by atoms with Crippen molar-refractivity contribution in [3.05, 3.63) is 63.7 Å². The van der Waals surface area contributed by atoms with Crippen molar-refractivity contribution in [2.45, 2.75) is 51.5 Å². The highest BCUT2D eigenvalue weighted by Crippen LogP contribution is 2.27. The van der Waals surface area contributed by atoms with Crippen LogP contribution in [0.1, 0.15) is 59.8 Å². The Bertz CT molecular complexity index is 1040. The minimum Gasteiger partial charge on any atom is -0.345 e. The second-order valence-electron chi connectivity index (χ2n) is 8.28. The van der Waals surface area contributed by atoms with Crippen molar-refractivity contribution in [1.29, 1.82) is 0 Å². The summed E-state index contributed by atoms with van der Waals surface area (Å²) in [6, 6.07) is 10.2. The van der Waals surface area contributed by atoms with Crippen LogP contribution in [0.15, 0.2) is 41.3 Å². The molecule has 3 rings (SSSR count). The zero-order valence-corrected chi connectivity index (χ0v) is 19.5. The van der Waals surface area contributed by atoms with Gasteiger partial charge in [0.15, 0.2) is 0 Å². The lowest BCUT2D eigenvalue weighted by Gasteiger charge is -2.29. The number of carbonyl (C=O) groups excluding carboxylic acids is 1. The summed E-state index contributed by atoms with van der Waals surface area (Å²) in [4.78, 5) is 13.0. The van der Waals surface area contributed by atoms with Gasteiger partial charge in [0, 0.05) is 13.1 Å². The molecule has 1 amide bonds. The standard InChI is InChI=1S/C23H29ClN2O3S/c1-15-9-11-26(12-10-15)30(28,29)19-7-8-22(24)21(14-19)23(27)25-18(4)20-13-16(2)5-6-17(20)3/h5-8,13-15,18H,9-12H2,1-4H3,(H,25,27). The highest BCUT2D eigenvalue weighted by Gasteiger charge is 2.29. The first-order valence-electron chi connectivity index (χ1n) is 10.3. The number of halogens is 1. The van der Waals surface area contributed by atoms with Gasteiger partial charge in [0.2, 0.25) is 10.0 Å². The van der Waals surface area contributed by atoms with Crippen LogP contribution >= 0.6 is 11.6 Å². The Labute approximate surface area is 184 Å². The van der Waals surface area contributed by atoms with Crippen molar-refractivity contribution in [3.63, 3.8) is 0 Å². The maximum Gasteiger partial charge on any atom is 0.253 e. The van der Waals surface area contributed by atoms with E-state index in [0.29, 0.717) is 19.0 Å². The molecule has 0 saturated carbocycles. The van der Waals surface area contributed by atoms with E-state index in [1.54, 1.807) is 0 Å². The highest BCUT2D eigenvalue weighted by molar-refractivity contribution is 7.89. The molecule has 30 heavy (non-hydrogen) atoms. The molecule has 1 aliphatic heterocycles. The molecule has 5 nitrogen and oxygen atoms in total. The number of sulfonamides is 1. The van der Waals surface area contributed by atoms with Crippen LogP contribution in [0.5, 0.6) is 0 Å². The van der Waals surface area contributed by atoms with E-state index in [4.69, 9.17) is 11.6 Å². The molecule has 2 aromatic rings. The lowest BCUT2D eigenvalue weighted by Crippen LogP contribution is -2.38. The molecule has 0 aliphatic carbocycles. The van der Waals surface area contributed by atoms with E-state index >= 15 is 0 Å². The number of nitrogens with one attached hydrogen (secondary N) is 1. The van der Waals surface area contributed by atoms with E-state index < -0.39 is 15.9 Å². The number of piperidine rings is 1. The van der Waals surface area contributed by atoms with Crippen LogP contribution in [0.2, 0.25) is 5.02 Å². The van der Waals surface area contributed by atoms with Gasteiger partial charge in [-0.25, -0.2) is 8.42 Å². The summed E-state index contributed by atoms with van der Waals surface area (Å²) in [6.07, 6.45) is 1.68. The van der Waals surface area contributed by atoms with Crippen LogP contribution in [-0.2, 0) is 10.0 Å². The predicted octanol–water partition coefficient (Wildman–Crippen LogP) is 4.87. The average Bonchev–Trinajstić information content (AvgIpc) is 2.70. The van der Waals surface area contributed by atoms with Crippen molar-refractivity contribution >= 4 is 27.5 Å². The molecule has 1 unspecified atom stereocenters. The van der Waals surface area contributed by atoms with E-state index in [1.807, 2.05) is 39.0 Å². The molecule has 1 aliphatic rings. The molecule has 1 saturated heterocycles. The first-order chi connectivity index (χ1) is 14.1. The zero-order valence-electron chi connectivity index (χ0n) is 17.9. The van der Waals surface area contributed by atoms with Gasteiger partial charge >= 0.3 is 0 Å². The van der Waals surface area contributed by atoms with Gasteiger partial charge in [0.1, 0.15) is 0 Å². The average molecular weight is 449 g/mol. The number of aryl methyl sites for hydroxylation is 2. The molecule has 0 spiro atoms. The first kappa shape index (κ1) is 22.8. The predicted molar refractivity (Wildman–Crippen MR) is 120 cm³/mol. The quantitative estimate of drug-likeness (QED) is 0.709. The topological polar surface area (TPSA) is 66.5 Å². The van der Waals surface area contributed by atoms with Gasteiger partial charge in [-0.2, -0.15) is 4.31 Å². The van der Waals surface area contributed by atoms with Crippen LogP contribution in [0.25, 0.3) is 0 Å². The van der Waals surface area contributed by atoms with E-state index in [2.05, 4.69) is 12.2 Å². The van der Waals surface area contributed by atoms with E-state index in [1.165, 1.54) is 22.5 Å². The number of benzene rings is 2. The molecular formula is C23H29ClN2O3S. The number of nitrogens with zero attached hydrogens (tertiary/aromatic N) is 1. The molecule has 1 atom stereocenters. The Morgan fingerprint density at radius 1 is 1.13 bits per heavy atom. The minimum absolute atomic E-state index is 0.103. The maximum absolute atomic E-state index is 13.1. The number of rotatable bonds is 5. The van der Waals surface area contributed by atoms with Crippen molar-refractivity contribution in [2.75, 3.05) is 13.1 Å². The van der Waals surface area contributed by atoms with E-state index in [-0.39, 0.29) is 21.5 Å². The fraction of sp³-hybridized carbons (Fsp3) is 0.435. The van der Waals surface area contributed by atoms with Gasteiger partial charge in [0.25, 0.3) is 5.91 Å². The number of amides is 1. The lowest BCUT2D eigenvalue weighted by molar-refractivity contribution is 0.0939. The molecular weight excluding hydrogens is 420 g/mol. The van der Waals surface area contributed by atoms with E-state index in [0.717, 1.165) is 29.5 Å². The van der Waals surface area contributed by atoms with Crippen molar-refractivity contribution < 1.29 is 13.2 Å². The third kappa shape index (κ3) is 4.88. The Morgan fingerprint density at radius 3 is 2.47 bits per heavy atom. The monoisotopic (exact) mass is 448 g/mol. The fourth-order valence-electron chi connectivity index (χ4n) is 3.79. The highest BCUT2D eigenvalue weighted by atomic mass is 35.5. The molecule has 0 radical (unpaired) electrons. The zero-order chi connectivity index (χ0) is 22.1. The molecule has 1 fully saturated rings. The summed E-state index contributed by atoms with van der Waals surface area (Å²) in [5.74, 6) is 0.132. The summed E-state index contributed by atoms with van der Waals surface area (Å²) in [6.45, 7) is 9.03. The van der Waals surface area contributed by atoms with E-state index in [9.17, 15) is 13.2 Å². The summed E-state index contributed by atoms with van der Waals surface area (Å²) < 4.78 is 27.6. The van der Waals surface area contributed by atoms with Crippen molar-refractivity contribution in [1.82, 2.24) is 9.62 Å². The Morgan fingerprint density at radius 2 is 1.80 bits per heavy atom. The van der Waals surface area contributed by atoms with Crippen molar-refractivity contribution in [3.8, 4) is 0 Å². The second kappa shape index (κ2) is 9.08. The molecule has 0 aromatic heterocycles. The van der Waals surface area contributed by atoms with Crippen LogP contribution in [0.3, 0.4) is 0 Å². The number of carbonyl (C=O) groups is 1. The number of hydrogen-bond donors (Lipinski definition) is 1. The largest absolute Gasteiger partial charge is 0.345 e. The Kier molecular flexibility index (Phi) is 6.90. The summed E-state index contributed by atoms with van der Waals surface area (Å²) >= 11 is 6.26. The van der Waals surface area contributed by atoms with Crippen LogP contribution in [0.4, 0.5) is 0 Å². The maximum atomic E-state index is 13.1. The molecule has 0 bridgehead atoms. The van der Waals surface area contributed by atoms with Gasteiger partial charge < -0.3 is 5.32 Å². The SMILES string of the molecule is Cc1ccc(C)c(C(C)NC(=O)c2cc(S(=O)(=O)N3CCC(C)CC3)ccc2Cl)c1. The van der Waals surface area contributed by atoms with Gasteiger partial charge in [0.05, 0.1) is 21.5 Å². The third-order valence-electron chi connectivity index (χ3n) is 5.81. The Balaban J connectivity index is 1.84. The number of hydrogen-bond acceptors (Lipinski definition) is 3. The summed E-state index contributed by atoms with van der Waals surface area (Å²) in [5, 5.41) is 3.18. The van der Waals surface area contributed by atoms with Crippen LogP contribution in [0, 0.1) is 19.8 Å². The lowest BCUT2D eigenvalue weighted by atomic mass is 10.00. The Hall–Kier alpha value is -1.89. The van der Waals surface area contributed by atoms with Gasteiger partial charge in [-0.05, 0) is 68.9 Å². The fourth-order valence-corrected chi connectivity index (χ4v) is 5.49. The first-order valence-corrected chi connectivity index (χ1v) is 12.1. The summed E-state index contributed by atoms with van der Waals surface area (Å²) in [5.41, 5.74) is 3.37.